The van der Waals surface area contributed by atoms with Crippen molar-refractivity contribution in [1.82, 2.24) is 10.6 Å². The second-order valence-corrected chi connectivity index (χ2v) is 9.10. The Kier molecular flexibility index (Phi) is 7.47. The molecule has 0 spiro atoms. The summed E-state index contributed by atoms with van der Waals surface area (Å²) >= 11 is 8.09. The van der Waals surface area contributed by atoms with Gasteiger partial charge in [-0.15, -0.1) is 0 Å². The third-order valence-corrected chi connectivity index (χ3v) is 6.42. The number of halogens is 1. The zero-order chi connectivity index (χ0) is 18.3. The number of hydrogen-bond donors (Lipinski definition) is 2. The minimum Gasteiger partial charge on any atom is -0.381 e. The van der Waals surface area contributed by atoms with Crippen LogP contribution >= 0.6 is 23.4 Å². The lowest BCUT2D eigenvalue weighted by molar-refractivity contribution is 0.0514. The second kappa shape index (κ2) is 9.15. The third kappa shape index (κ3) is 5.80. The van der Waals surface area contributed by atoms with Crippen LogP contribution in [0.2, 0.25) is 5.02 Å². The summed E-state index contributed by atoms with van der Waals surface area (Å²) < 4.78 is 5.77. The minimum absolute atomic E-state index is 0.0236. The predicted molar refractivity (Wildman–Crippen MR) is 110 cm³/mol. The molecule has 0 saturated carbocycles. The average molecular weight is 384 g/mol. The van der Waals surface area contributed by atoms with Crippen LogP contribution in [0, 0.1) is 0 Å². The van der Waals surface area contributed by atoms with E-state index in [2.05, 4.69) is 47.9 Å². The molecule has 2 rings (SSSR count). The smallest absolute Gasteiger partial charge is 0.191 e. The Bertz CT molecular complexity index is 586. The fourth-order valence-corrected chi connectivity index (χ4v) is 3.40. The maximum absolute atomic E-state index is 6.24. The first-order chi connectivity index (χ1) is 11.9. The number of nitrogens with one attached hydrogen (secondary N) is 2. The highest BCUT2D eigenvalue weighted by Gasteiger charge is 2.34. The van der Waals surface area contributed by atoms with Gasteiger partial charge in [-0.2, -0.15) is 11.8 Å². The van der Waals surface area contributed by atoms with E-state index in [1.807, 2.05) is 30.9 Å². The van der Waals surface area contributed by atoms with E-state index in [9.17, 15) is 0 Å². The topological polar surface area (TPSA) is 45.7 Å². The molecule has 2 N–H and O–H groups in total. The van der Waals surface area contributed by atoms with Gasteiger partial charge in [0.05, 0.1) is 0 Å². The zero-order valence-electron chi connectivity index (χ0n) is 15.7. The Morgan fingerprint density at radius 1 is 1.32 bits per heavy atom. The van der Waals surface area contributed by atoms with Gasteiger partial charge < -0.3 is 15.4 Å². The van der Waals surface area contributed by atoms with E-state index in [1.54, 1.807) is 0 Å². The van der Waals surface area contributed by atoms with Crippen LogP contribution in [0.4, 0.5) is 0 Å². The highest BCUT2D eigenvalue weighted by molar-refractivity contribution is 7.99. The van der Waals surface area contributed by atoms with Gasteiger partial charge in [-0.3, -0.25) is 4.99 Å². The highest BCUT2D eigenvalue weighted by Crippen LogP contribution is 2.35. The van der Waals surface area contributed by atoms with E-state index in [-0.39, 0.29) is 10.2 Å². The molecule has 4 nitrogen and oxygen atoms in total. The fraction of sp³-hybridized carbons (Fsp3) is 0.632. The van der Waals surface area contributed by atoms with Crippen molar-refractivity contribution in [3.8, 4) is 0 Å². The first kappa shape index (κ1) is 20.4. The number of nitrogens with zero attached hydrogens (tertiary/aromatic N) is 1. The van der Waals surface area contributed by atoms with Crippen molar-refractivity contribution in [2.75, 3.05) is 39.6 Å². The normalized spacial score (nSPS) is 18.0. The molecule has 140 valence electrons. The maximum Gasteiger partial charge on any atom is 0.191 e. The van der Waals surface area contributed by atoms with Crippen molar-refractivity contribution in [2.45, 2.75) is 36.9 Å². The number of benzene rings is 1. The molecule has 1 aromatic carbocycles. The van der Waals surface area contributed by atoms with Crippen LogP contribution in [-0.4, -0.2) is 50.3 Å². The van der Waals surface area contributed by atoms with E-state index < -0.39 is 0 Å². The molecular formula is C19H30ClN3OS. The monoisotopic (exact) mass is 383 g/mol. The van der Waals surface area contributed by atoms with Gasteiger partial charge in [0.2, 0.25) is 0 Å². The largest absolute Gasteiger partial charge is 0.381 e. The summed E-state index contributed by atoms with van der Waals surface area (Å²) in [6.45, 7) is 7.68. The lowest BCUT2D eigenvalue weighted by Gasteiger charge is -2.38. The SMILES string of the molecule is CN=C(NCC(C)(C)SC)NCC1(c2cccc(Cl)c2)CCOCC1. The van der Waals surface area contributed by atoms with Gasteiger partial charge >= 0.3 is 0 Å². The maximum atomic E-state index is 6.24. The molecule has 6 heteroatoms. The molecular weight excluding hydrogens is 354 g/mol. The van der Waals surface area contributed by atoms with Crippen LogP contribution < -0.4 is 10.6 Å². The van der Waals surface area contributed by atoms with Gasteiger partial charge in [-0.25, -0.2) is 0 Å². The summed E-state index contributed by atoms with van der Waals surface area (Å²) in [4.78, 5) is 4.38. The first-order valence-corrected chi connectivity index (χ1v) is 10.3. The van der Waals surface area contributed by atoms with Crippen LogP contribution in [0.1, 0.15) is 32.3 Å². The summed E-state index contributed by atoms with van der Waals surface area (Å²) in [5.74, 6) is 0.843. The summed E-state index contributed by atoms with van der Waals surface area (Å²) in [5.41, 5.74) is 1.30. The van der Waals surface area contributed by atoms with Gasteiger partial charge in [-0.1, -0.05) is 23.7 Å². The van der Waals surface area contributed by atoms with Crippen molar-refractivity contribution >= 4 is 29.3 Å². The molecule has 0 amide bonds. The van der Waals surface area contributed by atoms with Crippen LogP contribution in [0.3, 0.4) is 0 Å². The quantitative estimate of drug-likeness (QED) is 0.580. The summed E-state index contributed by atoms with van der Waals surface area (Å²) in [6.07, 6.45) is 4.09. The second-order valence-electron chi connectivity index (χ2n) is 7.15. The van der Waals surface area contributed by atoms with Crippen molar-refractivity contribution in [2.24, 2.45) is 4.99 Å². The lowest BCUT2D eigenvalue weighted by Crippen LogP contribution is -2.49. The molecule has 1 aromatic rings. The highest BCUT2D eigenvalue weighted by atomic mass is 35.5. The molecule has 0 atom stereocenters. The van der Waals surface area contributed by atoms with E-state index in [4.69, 9.17) is 16.3 Å². The van der Waals surface area contributed by atoms with Crippen LogP contribution in [0.5, 0.6) is 0 Å². The molecule has 1 heterocycles. The molecule has 1 fully saturated rings. The van der Waals surface area contributed by atoms with Crippen LogP contribution in [0.25, 0.3) is 0 Å². The van der Waals surface area contributed by atoms with Crippen molar-refractivity contribution in [3.05, 3.63) is 34.9 Å². The van der Waals surface area contributed by atoms with Gasteiger partial charge in [0.1, 0.15) is 0 Å². The van der Waals surface area contributed by atoms with Crippen LogP contribution in [-0.2, 0) is 10.2 Å². The van der Waals surface area contributed by atoms with Crippen LogP contribution in [0.15, 0.2) is 29.3 Å². The fourth-order valence-electron chi connectivity index (χ4n) is 2.99. The molecule has 1 aliphatic rings. The Balaban J connectivity index is 2.07. The van der Waals surface area contributed by atoms with E-state index in [1.165, 1.54) is 5.56 Å². The average Bonchev–Trinajstić information content (AvgIpc) is 2.62. The number of guanidine groups is 1. The molecule has 0 aromatic heterocycles. The molecule has 1 aliphatic heterocycles. The summed E-state index contributed by atoms with van der Waals surface area (Å²) in [5, 5.41) is 7.75. The van der Waals surface area contributed by atoms with Crippen molar-refractivity contribution in [1.29, 1.82) is 0 Å². The Morgan fingerprint density at radius 3 is 2.64 bits per heavy atom. The molecule has 0 aliphatic carbocycles. The predicted octanol–water partition coefficient (Wildman–Crippen LogP) is 3.69. The first-order valence-electron chi connectivity index (χ1n) is 8.74. The van der Waals surface area contributed by atoms with Crippen molar-refractivity contribution < 1.29 is 4.74 Å². The number of aliphatic imine (C=N–C) groups is 1. The number of thioether (sulfide) groups is 1. The third-order valence-electron chi connectivity index (χ3n) is 4.94. The van der Waals surface area contributed by atoms with E-state index >= 15 is 0 Å². The number of rotatable bonds is 6. The Morgan fingerprint density at radius 2 is 2.04 bits per heavy atom. The van der Waals surface area contributed by atoms with E-state index in [0.717, 1.165) is 50.1 Å². The number of hydrogen-bond acceptors (Lipinski definition) is 3. The Hall–Kier alpha value is -0.910. The summed E-state index contributed by atoms with van der Waals surface area (Å²) in [6, 6.07) is 8.22. The minimum atomic E-state index is 0.0236. The molecule has 1 saturated heterocycles. The van der Waals surface area contributed by atoms with Gasteiger partial charge in [-0.05, 0) is 50.6 Å². The lowest BCUT2D eigenvalue weighted by atomic mass is 9.74. The molecule has 0 radical (unpaired) electrons. The standard InChI is InChI=1S/C19H30ClN3OS/c1-18(2,25-4)13-22-17(21-3)23-14-19(8-10-24-11-9-19)15-6-5-7-16(20)12-15/h5-7,12H,8-11,13-14H2,1-4H3,(H2,21,22,23). The number of ether oxygens (including phenoxy) is 1. The van der Waals surface area contributed by atoms with Gasteiger partial charge in [0.15, 0.2) is 5.96 Å². The molecule has 0 bridgehead atoms. The van der Waals surface area contributed by atoms with E-state index in [0.29, 0.717) is 0 Å². The molecule has 0 unspecified atom stereocenters. The van der Waals surface area contributed by atoms with Crippen molar-refractivity contribution in [3.63, 3.8) is 0 Å². The zero-order valence-corrected chi connectivity index (χ0v) is 17.3. The Labute approximate surface area is 161 Å². The van der Waals surface area contributed by atoms with Gasteiger partial charge in [0.25, 0.3) is 0 Å². The molecule has 25 heavy (non-hydrogen) atoms. The van der Waals surface area contributed by atoms with Gasteiger partial charge in [0, 0.05) is 48.5 Å². The summed E-state index contributed by atoms with van der Waals surface area (Å²) in [7, 11) is 1.82.